The van der Waals surface area contributed by atoms with Crippen molar-refractivity contribution < 1.29 is 35.4 Å². The van der Waals surface area contributed by atoms with Gasteiger partial charge in [0.15, 0.2) is 0 Å². The van der Waals surface area contributed by atoms with Gasteiger partial charge in [0.2, 0.25) is 0 Å². The molecule has 6 N–H and O–H groups in total. The average molecular weight is 441 g/mol. The standard InChI is InChI=1S/C24H40O7/c1-23(2,3)16-11-14(12-17(20(16)29)24(4,5)6)7-8-15(26)9-10-18(27)21(30)22(31)19(28)13-25/h11-12,18-19,21-22,25,27-31H,7-10,13H2,1-6H3. The number of Topliss-reactive ketones (excluding diaryl/α,β-unsaturated/α-hetero) is 1. The number of aliphatic hydroxyl groups is 5. The quantitative estimate of drug-likeness (QED) is 0.326. The van der Waals surface area contributed by atoms with E-state index in [2.05, 4.69) is 0 Å². The van der Waals surface area contributed by atoms with Crippen LogP contribution in [-0.2, 0) is 22.0 Å². The van der Waals surface area contributed by atoms with Gasteiger partial charge in [0.05, 0.1) is 12.7 Å². The Balaban J connectivity index is 2.81. The summed E-state index contributed by atoms with van der Waals surface area (Å²) in [5, 5.41) is 58.4. The van der Waals surface area contributed by atoms with Crippen LogP contribution in [0.15, 0.2) is 12.1 Å². The lowest BCUT2D eigenvalue weighted by atomic mass is 9.78. The molecule has 0 aliphatic rings. The molecular formula is C24H40O7. The predicted molar refractivity (Wildman–Crippen MR) is 119 cm³/mol. The molecule has 31 heavy (non-hydrogen) atoms. The first kappa shape index (κ1) is 27.5. The van der Waals surface area contributed by atoms with Crippen molar-refractivity contribution in [3.8, 4) is 5.75 Å². The normalized spacial score (nSPS) is 16.6. The fourth-order valence-corrected chi connectivity index (χ4v) is 3.43. The molecule has 0 amide bonds. The molecule has 7 heteroatoms. The zero-order valence-electron chi connectivity index (χ0n) is 19.6. The van der Waals surface area contributed by atoms with Gasteiger partial charge >= 0.3 is 0 Å². The number of aliphatic hydroxyl groups excluding tert-OH is 5. The first-order chi connectivity index (χ1) is 14.1. The van der Waals surface area contributed by atoms with Crippen LogP contribution in [0.5, 0.6) is 5.75 Å². The summed E-state index contributed by atoms with van der Waals surface area (Å²) in [4.78, 5) is 12.3. The number of phenolic OH excluding ortho intramolecular Hbond substituents is 1. The lowest BCUT2D eigenvalue weighted by Crippen LogP contribution is -2.45. The van der Waals surface area contributed by atoms with Crippen LogP contribution in [-0.4, -0.2) is 67.4 Å². The Kier molecular flexibility index (Phi) is 9.66. The maximum Gasteiger partial charge on any atom is 0.133 e. The maximum absolute atomic E-state index is 12.3. The van der Waals surface area contributed by atoms with Crippen molar-refractivity contribution in [1.29, 1.82) is 0 Å². The van der Waals surface area contributed by atoms with E-state index in [1.54, 1.807) is 0 Å². The molecule has 1 rings (SSSR count). The van der Waals surface area contributed by atoms with Crippen molar-refractivity contribution in [2.24, 2.45) is 0 Å². The van der Waals surface area contributed by atoms with Gasteiger partial charge in [-0.15, -0.1) is 0 Å². The molecule has 0 aliphatic heterocycles. The zero-order chi connectivity index (χ0) is 24.1. The number of hydrogen-bond donors (Lipinski definition) is 6. The van der Waals surface area contributed by atoms with Crippen molar-refractivity contribution >= 4 is 5.78 Å². The minimum atomic E-state index is -1.70. The number of rotatable bonds is 10. The van der Waals surface area contributed by atoms with Gasteiger partial charge in [0.25, 0.3) is 0 Å². The Hall–Kier alpha value is -1.51. The van der Waals surface area contributed by atoms with Crippen LogP contribution in [0.25, 0.3) is 0 Å². The minimum absolute atomic E-state index is 0.0104. The number of phenols is 1. The van der Waals surface area contributed by atoms with Crippen LogP contribution in [0.2, 0.25) is 0 Å². The molecule has 7 nitrogen and oxygen atoms in total. The van der Waals surface area contributed by atoms with Crippen molar-refractivity contribution in [1.82, 2.24) is 0 Å². The Morgan fingerprint density at radius 1 is 0.839 bits per heavy atom. The van der Waals surface area contributed by atoms with Gasteiger partial charge < -0.3 is 30.6 Å². The van der Waals surface area contributed by atoms with Gasteiger partial charge in [-0.3, -0.25) is 4.79 Å². The Bertz CT molecular complexity index is 695. The smallest absolute Gasteiger partial charge is 0.133 e. The molecule has 1 aromatic carbocycles. The van der Waals surface area contributed by atoms with Gasteiger partial charge in [-0.2, -0.15) is 0 Å². The molecule has 0 spiro atoms. The largest absolute Gasteiger partial charge is 0.507 e. The van der Waals surface area contributed by atoms with E-state index in [1.165, 1.54) is 0 Å². The van der Waals surface area contributed by atoms with Gasteiger partial charge in [0, 0.05) is 12.8 Å². The number of ketones is 1. The average Bonchev–Trinajstić information content (AvgIpc) is 2.67. The van der Waals surface area contributed by atoms with Gasteiger partial charge in [-0.1, -0.05) is 53.7 Å². The molecule has 4 atom stereocenters. The lowest BCUT2D eigenvalue weighted by Gasteiger charge is -2.28. The molecule has 0 heterocycles. The number of carbonyl (C=O) groups is 1. The molecule has 0 fully saturated rings. The molecule has 1 aromatic rings. The summed E-state index contributed by atoms with van der Waals surface area (Å²) in [6.45, 7) is 11.4. The van der Waals surface area contributed by atoms with E-state index in [0.717, 1.165) is 16.7 Å². The van der Waals surface area contributed by atoms with Crippen LogP contribution in [0.3, 0.4) is 0 Å². The molecule has 0 radical (unpaired) electrons. The summed E-state index contributed by atoms with van der Waals surface area (Å²) in [6, 6.07) is 3.87. The zero-order valence-corrected chi connectivity index (χ0v) is 19.6. The number of benzene rings is 1. The Labute approximate surface area is 185 Å². The summed E-state index contributed by atoms with van der Waals surface area (Å²) in [6.07, 6.45) is -5.65. The first-order valence-electron chi connectivity index (χ1n) is 10.8. The molecule has 4 unspecified atom stereocenters. The highest BCUT2D eigenvalue weighted by Crippen LogP contribution is 2.40. The third-order valence-electron chi connectivity index (χ3n) is 5.52. The van der Waals surface area contributed by atoms with Crippen LogP contribution >= 0.6 is 0 Å². The lowest BCUT2D eigenvalue weighted by molar-refractivity contribution is -0.125. The Morgan fingerprint density at radius 3 is 1.71 bits per heavy atom. The highest BCUT2D eigenvalue weighted by atomic mass is 16.4. The van der Waals surface area contributed by atoms with Crippen molar-refractivity contribution in [2.45, 2.75) is 102 Å². The fraction of sp³-hybridized carbons (Fsp3) is 0.708. The Morgan fingerprint density at radius 2 is 1.29 bits per heavy atom. The van der Waals surface area contributed by atoms with Crippen LogP contribution in [0.1, 0.15) is 77.5 Å². The number of aromatic hydroxyl groups is 1. The van der Waals surface area contributed by atoms with E-state index in [-0.39, 0.29) is 41.6 Å². The second-order valence-corrected chi connectivity index (χ2v) is 10.4. The number of hydrogen-bond acceptors (Lipinski definition) is 7. The third kappa shape index (κ3) is 7.84. The molecule has 0 bridgehead atoms. The first-order valence-corrected chi connectivity index (χ1v) is 10.8. The molecule has 0 aliphatic carbocycles. The highest BCUT2D eigenvalue weighted by molar-refractivity contribution is 5.78. The van der Waals surface area contributed by atoms with E-state index in [4.69, 9.17) is 5.11 Å². The van der Waals surface area contributed by atoms with Crippen molar-refractivity contribution in [3.63, 3.8) is 0 Å². The van der Waals surface area contributed by atoms with E-state index >= 15 is 0 Å². The molecule has 0 saturated carbocycles. The van der Waals surface area contributed by atoms with Gasteiger partial charge in [-0.05, 0) is 40.4 Å². The summed E-state index contributed by atoms with van der Waals surface area (Å²) in [5.41, 5.74) is 2.09. The number of aryl methyl sites for hydroxylation is 1. The topological polar surface area (TPSA) is 138 Å². The van der Waals surface area contributed by atoms with Crippen molar-refractivity contribution in [2.75, 3.05) is 6.61 Å². The van der Waals surface area contributed by atoms with Gasteiger partial charge in [0.1, 0.15) is 29.8 Å². The van der Waals surface area contributed by atoms with Crippen LogP contribution in [0.4, 0.5) is 0 Å². The fourth-order valence-electron chi connectivity index (χ4n) is 3.43. The number of carbonyl (C=O) groups excluding carboxylic acids is 1. The highest BCUT2D eigenvalue weighted by Gasteiger charge is 2.30. The molecule has 178 valence electrons. The van der Waals surface area contributed by atoms with Crippen LogP contribution < -0.4 is 0 Å². The maximum atomic E-state index is 12.3. The van der Waals surface area contributed by atoms with E-state index < -0.39 is 31.0 Å². The monoisotopic (exact) mass is 440 g/mol. The SMILES string of the molecule is CC(C)(C)c1cc(CCC(=O)CCC(O)C(O)C(O)C(O)CO)cc(C(C)(C)C)c1O. The van der Waals surface area contributed by atoms with E-state index in [9.17, 15) is 30.3 Å². The summed E-state index contributed by atoms with van der Waals surface area (Å²) in [7, 11) is 0. The summed E-state index contributed by atoms with van der Waals surface area (Å²) in [5.74, 6) is 0.182. The second-order valence-electron chi connectivity index (χ2n) is 10.4. The van der Waals surface area contributed by atoms with Gasteiger partial charge in [-0.25, -0.2) is 0 Å². The van der Waals surface area contributed by atoms with Crippen LogP contribution in [0, 0.1) is 0 Å². The third-order valence-corrected chi connectivity index (χ3v) is 5.52. The second kappa shape index (κ2) is 10.9. The molecule has 0 aromatic heterocycles. The minimum Gasteiger partial charge on any atom is -0.507 e. The van der Waals surface area contributed by atoms with Crippen molar-refractivity contribution in [3.05, 3.63) is 28.8 Å². The molecule has 0 saturated heterocycles. The summed E-state index contributed by atoms with van der Waals surface area (Å²) < 4.78 is 0. The predicted octanol–water partition coefficient (Wildman–Crippen LogP) is 1.70. The summed E-state index contributed by atoms with van der Waals surface area (Å²) >= 11 is 0. The molecular weight excluding hydrogens is 400 g/mol. The van der Waals surface area contributed by atoms with E-state index in [0.29, 0.717) is 6.42 Å². The van der Waals surface area contributed by atoms with E-state index in [1.807, 2.05) is 53.7 Å².